The van der Waals surface area contributed by atoms with Crippen molar-refractivity contribution in [1.29, 1.82) is 0 Å². The number of nitrogens with zero attached hydrogens (tertiary/aromatic N) is 1. The highest BCUT2D eigenvalue weighted by molar-refractivity contribution is 5.96. The van der Waals surface area contributed by atoms with Crippen LogP contribution in [0, 0.1) is 12.7 Å². The number of hydrogen-bond donors (Lipinski definition) is 1. The number of nitrogens with one attached hydrogen (secondary N) is 1. The van der Waals surface area contributed by atoms with Crippen molar-refractivity contribution in [3.63, 3.8) is 0 Å². The minimum Gasteiger partial charge on any atom is -0.465 e. The van der Waals surface area contributed by atoms with Crippen LogP contribution in [0.2, 0.25) is 0 Å². The standard InChI is InChI=1S/C18H15FN2O3/c1-11-7-8-12(13(9-11)17(22)23-2)16-10-20-18(24-16)21-15-6-4-3-5-14(15)19/h3-10H,1-2H3,(H,20,21). The van der Waals surface area contributed by atoms with Gasteiger partial charge in [-0.25, -0.2) is 14.2 Å². The summed E-state index contributed by atoms with van der Waals surface area (Å²) < 4.78 is 24.1. The number of aryl methyl sites for hydroxylation is 1. The van der Waals surface area contributed by atoms with Crippen LogP contribution in [0.1, 0.15) is 15.9 Å². The molecule has 0 atom stereocenters. The number of carbonyl (C=O) groups is 1. The van der Waals surface area contributed by atoms with E-state index < -0.39 is 11.8 Å². The lowest BCUT2D eigenvalue weighted by molar-refractivity contribution is 0.0601. The summed E-state index contributed by atoms with van der Waals surface area (Å²) in [4.78, 5) is 16.0. The zero-order valence-electron chi connectivity index (χ0n) is 13.2. The van der Waals surface area contributed by atoms with Gasteiger partial charge in [-0.15, -0.1) is 0 Å². The first-order valence-electron chi connectivity index (χ1n) is 7.25. The van der Waals surface area contributed by atoms with E-state index in [1.807, 2.05) is 13.0 Å². The lowest BCUT2D eigenvalue weighted by Gasteiger charge is -2.06. The van der Waals surface area contributed by atoms with Crippen molar-refractivity contribution in [2.75, 3.05) is 12.4 Å². The topological polar surface area (TPSA) is 64.4 Å². The molecule has 1 N–H and O–H groups in total. The molecule has 0 aliphatic carbocycles. The molecule has 0 aliphatic rings. The fourth-order valence-corrected chi connectivity index (χ4v) is 2.29. The molecular weight excluding hydrogens is 311 g/mol. The molecule has 0 radical (unpaired) electrons. The summed E-state index contributed by atoms with van der Waals surface area (Å²) in [7, 11) is 1.32. The Morgan fingerprint density at radius 1 is 1.25 bits per heavy atom. The van der Waals surface area contributed by atoms with Gasteiger partial charge in [-0.2, -0.15) is 0 Å². The van der Waals surface area contributed by atoms with Gasteiger partial charge in [0.25, 0.3) is 6.01 Å². The van der Waals surface area contributed by atoms with E-state index in [9.17, 15) is 9.18 Å². The predicted octanol–water partition coefficient (Wildman–Crippen LogP) is 4.32. The normalized spacial score (nSPS) is 10.5. The molecule has 0 aliphatic heterocycles. The van der Waals surface area contributed by atoms with Gasteiger partial charge in [0, 0.05) is 5.56 Å². The van der Waals surface area contributed by atoms with E-state index in [4.69, 9.17) is 9.15 Å². The van der Waals surface area contributed by atoms with Crippen molar-refractivity contribution in [3.8, 4) is 11.3 Å². The van der Waals surface area contributed by atoms with E-state index >= 15 is 0 Å². The highest BCUT2D eigenvalue weighted by atomic mass is 19.1. The second-order valence-corrected chi connectivity index (χ2v) is 5.18. The van der Waals surface area contributed by atoms with Gasteiger partial charge in [-0.3, -0.25) is 0 Å². The molecule has 3 rings (SSSR count). The van der Waals surface area contributed by atoms with Crippen molar-refractivity contribution < 1.29 is 18.3 Å². The van der Waals surface area contributed by atoms with Crippen molar-refractivity contribution in [1.82, 2.24) is 4.98 Å². The maximum absolute atomic E-state index is 13.7. The Kier molecular flexibility index (Phi) is 4.29. The first-order valence-corrected chi connectivity index (χ1v) is 7.25. The van der Waals surface area contributed by atoms with Gasteiger partial charge < -0.3 is 14.5 Å². The Morgan fingerprint density at radius 3 is 2.79 bits per heavy atom. The van der Waals surface area contributed by atoms with Crippen LogP contribution in [-0.2, 0) is 4.74 Å². The van der Waals surface area contributed by atoms with E-state index in [0.717, 1.165) is 5.56 Å². The summed E-state index contributed by atoms with van der Waals surface area (Å²) in [5.74, 6) is -0.495. The fourth-order valence-electron chi connectivity index (χ4n) is 2.29. The number of rotatable bonds is 4. The maximum Gasteiger partial charge on any atom is 0.338 e. The van der Waals surface area contributed by atoms with Gasteiger partial charge in [-0.05, 0) is 25.1 Å². The summed E-state index contributed by atoms with van der Waals surface area (Å²) >= 11 is 0. The molecular formula is C18H15FN2O3. The van der Waals surface area contributed by atoms with Crippen LogP contribution < -0.4 is 5.32 Å². The van der Waals surface area contributed by atoms with Gasteiger partial charge in [0.15, 0.2) is 5.76 Å². The van der Waals surface area contributed by atoms with E-state index in [2.05, 4.69) is 10.3 Å². The quantitative estimate of drug-likeness (QED) is 0.723. The number of hydrogen-bond acceptors (Lipinski definition) is 5. The molecule has 24 heavy (non-hydrogen) atoms. The number of benzene rings is 2. The number of aromatic nitrogens is 1. The summed E-state index contributed by atoms with van der Waals surface area (Å²) in [6, 6.07) is 11.7. The highest BCUT2D eigenvalue weighted by Crippen LogP contribution is 2.29. The van der Waals surface area contributed by atoms with Crippen molar-refractivity contribution in [2.45, 2.75) is 6.92 Å². The number of ether oxygens (including phenoxy) is 1. The Morgan fingerprint density at radius 2 is 2.04 bits per heavy atom. The predicted molar refractivity (Wildman–Crippen MR) is 87.7 cm³/mol. The molecule has 0 bridgehead atoms. The van der Waals surface area contributed by atoms with E-state index in [1.165, 1.54) is 19.4 Å². The van der Waals surface area contributed by atoms with Crippen LogP contribution in [0.4, 0.5) is 16.1 Å². The molecule has 5 nitrogen and oxygen atoms in total. The molecule has 122 valence electrons. The minimum atomic E-state index is -0.464. The van der Waals surface area contributed by atoms with Crippen LogP contribution in [0.3, 0.4) is 0 Å². The molecule has 0 unspecified atom stereocenters. The van der Waals surface area contributed by atoms with Gasteiger partial charge in [-0.1, -0.05) is 29.8 Å². The van der Waals surface area contributed by atoms with Crippen molar-refractivity contribution in [2.24, 2.45) is 0 Å². The molecule has 1 heterocycles. The third-order valence-corrected chi connectivity index (χ3v) is 3.47. The molecule has 0 saturated carbocycles. The van der Waals surface area contributed by atoms with E-state index in [-0.39, 0.29) is 11.7 Å². The van der Waals surface area contributed by atoms with Crippen LogP contribution in [-0.4, -0.2) is 18.1 Å². The Balaban J connectivity index is 1.94. The first kappa shape index (κ1) is 15.7. The summed E-state index contributed by atoms with van der Waals surface area (Å²) in [6.07, 6.45) is 1.47. The number of carbonyl (C=O) groups excluding carboxylic acids is 1. The first-order chi connectivity index (χ1) is 11.6. The maximum atomic E-state index is 13.7. The molecule has 1 aromatic heterocycles. The van der Waals surface area contributed by atoms with Gasteiger partial charge in [0.2, 0.25) is 0 Å². The van der Waals surface area contributed by atoms with Crippen molar-refractivity contribution in [3.05, 3.63) is 65.6 Å². The Labute approximate surface area is 138 Å². The molecule has 0 saturated heterocycles. The lowest BCUT2D eigenvalue weighted by atomic mass is 10.0. The average Bonchev–Trinajstić information content (AvgIpc) is 3.04. The third kappa shape index (κ3) is 3.12. The number of methoxy groups -OCH3 is 1. The van der Waals surface area contributed by atoms with Crippen molar-refractivity contribution >= 4 is 17.7 Å². The number of halogens is 1. The zero-order valence-corrected chi connectivity index (χ0v) is 13.2. The SMILES string of the molecule is COC(=O)c1cc(C)ccc1-c1cnc(Nc2ccccc2F)o1. The Bertz CT molecular complexity index is 889. The number of oxazole rings is 1. The van der Waals surface area contributed by atoms with E-state index in [0.29, 0.717) is 16.9 Å². The minimum absolute atomic E-state index is 0.131. The smallest absolute Gasteiger partial charge is 0.338 e. The Hall–Kier alpha value is -3.15. The zero-order chi connectivity index (χ0) is 17.1. The van der Waals surface area contributed by atoms with Gasteiger partial charge >= 0.3 is 5.97 Å². The monoisotopic (exact) mass is 326 g/mol. The highest BCUT2D eigenvalue weighted by Gasteiger charge is 2.17. The van der Waals surface area contributed by atoms with E-state index in [1.54, 1.807) is 30.3 Å². The molecule has 2 aromatic carbocycles. The molecule has 3 aromatic rings. The molecule has 0 fully saturated rings. The number of para-hydroxylation sites is 1. The van der Waals surface area contributed by atoms with Gasteiger partial charge in [0.05, 0.1) is 24.6 Å². The molecule has 0 spiro atoms. The number of esters is 1. The van der Waals surface area contributed by atoms with Crippen LogP contribution in [0.25, 0.3) is 11.3 Å². The third-order valence-electron chi connectivity index (χ3n) is 3.47. The van der Waals surface area contributed by atoms with Gasteiger partial charge in [0.1, 0.15) is 5.82 Å². The second-order valence-electron chi connectivity index (χ2n) is 5.18. The van der Waals surface area contributed by atoms with Crippen LogP contribution in [0.15, 0.2) is 53.1 Å². The van der Waals surface area contributed by atoms with Crippen LogP contribution >= 0.6 is 0 Å². The summed E-state index contributed by atoms with van der Waals surface area (Å²) in [5, 5.41) is 2.77. The largest absolute Gasteiger partial charge is 0.465 e. The average molecular weight is 326 g/mol. The second kappa shape index (κ2) is 6.54. The van der Waals surface area contributed by atoms with Crippen LogP contribution in [0.5, 0.6) is 0 Å². The number of anilines is 2. The fraction of sp³-hybridized carbons (Fsp3) is 0.111. The lowest BCUT2D eigenvalue weighted by Crippen LogP contribution is -2.03. The molecule has 0 amide bonds. The summed E-state index contributed by atoms with van der Waals surface area (Å²) in [6.45, 7) is 1.88. The molecule has 6 heteroatoms. The summed E-state index contributed by atoms with van der Waals surface area (Å²) in [5.41, 5.74) is 2.11.